The van der Waals surface area contributed by atoms with Crippen LogP contribution in [0, 0.1) is 0 Å². The van der Waals surface area contributed by atoms with E-state index in [-0.39, 0.29) is 23.8 Å². The topological polar surface area (TPSA) is 91.7 Å². The molecule has 1 amide bonds. The summed E-state index contributed by atoms with van der Waals surface area (Å²) in [4.78, 5) is 22.3. The monoisotopic (exact) mass is 358 g/mol. The molecule has 1 aliphatic rings. The number of nitrogens with zero attached hydrogens (tertiary/aromatic N) is 3. The molecule has 1 N–H and O–H groups in total. The van der Waals surface area contributed by atoms with Crippen LogP contribution >= 0.6 is 0 Å². The highest BCUT2D eigenvalue weighted by Crippen LogP contribution is 2.22. The SMILES string of the molecule is CN(Cc1cccnc1)C(=O)CCN=C1NS(=O)(=O)c2ccccc21. The number of pyridine rings is 1. The average molecular weight is 358 g/mol. The lowest BCUT2D eigenvalue weighted by Gasteiger charge is -2.16. The van der Waals surface area contributed by atoms with Gasteiger partial charge in [-0.1, -0.05) is 18.2 Å². The van der Waals surface area contributed by atoms with E-state index >= 15 is 0 Å². The van der Waals surface area contributed by atoms with Crippen molar-refractivity contribution in [2.75, 3.05) is 13.6 Å². The summed E-state index contributed by atoms with van der Waals surface area (Å²) in [5, 5.41) is 0. The summed E-state index contributed by atoms with van der Waals surface area (Å²) >= 11 is 0. The van der Waals surface area contributed by atoms with Crippen LogP contribution in [0.3, 0.4) is 0 Å². The number of nitrogens with one attached hydrogen (secondary N) is 1. The maximum atomic E-state index is 12.2. The van der Waals surface area contributed by atoms with Crippen LogP contribution in [0.2, 0.25) is 0 Å². The number of benzene rings is 1. The zero-order valence-corrected chi connectivity index (χ0v) is 14.5. The Balaban J connectivity index is 1.61. The predicted molar refractivity (Wildman–Crippen MR) is 93.5 cm³/mol. The molecule has 1 aromatic heterocycles. The van der Waals surface area contributed by atoms with Crippen LogP contribution in [0.4, 0.5) is 0 Å². The van der Waals surface area contributed by atoms with Gasteiger partial charge in [0.05, 0.1) is 11.4 Å². The molecule has 0 fully saturated rings. The summed E-state index contributed by atoms with van der Waals surface area (Å²) in [5.41, 5.74) is 1.49. The molecule has 7 nitrogen and oxygen atoms in total. The minimum absolute atomic E-state index is 0.0673. The number of aromatic nitrogens is 1. The van der Waals surface area contributed by atoms with E-state index in [4.69, 9.17) is 0 Å². The summed E-state index contributed by atoms with van der Waals surface area (Å²) in [6.07, 6.45) is 3.60. The number of carbonyl (C=O) groups is 1. The van der Waals surface area contributed by atoms with Crippen LogP contribution in [0.5, 0.6) is 0 Å². The number of hydrogen-bond acceptors (Lipinski definition) is 5. The van der Waals surface area contributed by atoms with Gasteiger partial charge < -0.3 is 4.90 Å². The number of amides is 1. The Kier molecular flexibility index (Phi) is 4.80. The average Bonchev–Trinajstić information content (AvgIpc) is 2.87. The van der Waals surface area contributed by atoms with Gasteiger partial charge >= 0.3 is 0 Å². The van der Waals surface area contributed by atoms with Gasteiger partial charge in [0.15, 0.2) is 0 Å². The maximum Gasteiger partial charge on any atom is 0.263 e. The second-order valence-electron chi connectivity index (χ2n) is 5.69. The zero-order valence-electron chi connectivity index (χ0n) is 13.7. The van der Waals surface area contributed by atoms with E-state index in [1.807, 2.05) is 12.1 Å². The van der Waals surface area contributed by atoms with E-state index in [0.717, 1.165) is 5.56 Å². The van der Waals surface area contributed by atoms with Gasteiger partial charge in [-0.3, -0.25) is 19.5 Å². The van der Waals surface area contributed by atoms with Crippen molar-refractivity contribution in [3.05, 3.63) is 59.9 Å². The van der Waals surface area contributed by atoms with Gasteiger partial charge in [-0.15, -0.1) is 0 Å². The third kappa shape index (κ3) is 3.85. The molecule has 0 spiro atoms. The smallest absolute Gasteiger partial charge is 0.263 e. The van der Waals surface area contributed by atoms with Crippen LogP contribution in [0.15, 0.2) is 58.7 Å². The van der Waals surface area contributed by atoms with Crippen LogP contribution in [-0.2, 0) is 21.4 Å². The number of amidine groups is 1. The first-order valence-corrected chi connectivity index (χ1v) is 9.25. The molecule has 3 rings (SSSR count). The van der Waals surface area contributed by atoms with E-state index in [9.17, 15) is 13.2 Å². The largest absolute Gasteiger partial charge is 0.341 e. The van der Waals surface area contributed by atoms with Crippen LogP contribution < -0.4 is 4.72 Å². The van der Waals surface area contributed by atoms with Gasteiger partial charge in [-0.25, -0.2) is 8.42 Å². The number of rotatable bonds is 5. The molecule has 0 saturated carbocycles. The van der Waals surface area contributed by atoms with E-state index in [1.54, 1.807) is 42.5 Å². The second-order valence-corrected chi connectivity index (χ2v) is 7.34. The fraction of sp³-hybridized carbons (Fsp3) is 0.235. The van der Waals surface area contributed by atoms with Crippen LogP contribution in [0.25, 0.3) is 0 Å². The number of sulfonamides is 1. The third-order valence-corrected chi connectivity index (χ3v) is 5.22. The molecule has 2 aromatic rings. The molecular formula is C17H18N4O3S. The molecule has 0 atom stereocenters. The Morgan fingerprint density at radius 1 is 1.24 bits per heavy atom. The van der Waals surface area contributed by atoms with Crippen molar-refractivity contribution in [3.63, 3.8) is 0 Å². The lowest BCUT2D eigenvalue weighted by molar-refractivity contribution is -0.130. The molecule has 1 aliphatic heterocycles. The fourth-order valence-electron chi connectivity index (χ4n) is 2.56. The van der Waals surface area contributed by atoms with Gasteiger partial charge in [-0.2, -0.15) is 0 Å². The first-order chi connectivity index (χ1) is 12.0. The molecule has 2 heterocycles. The molecule has 1 aromatic carbocycles. The summed E-state index contributed by atoms with van der Waals surface area (Å²) < 4.78 is 26.4. The third-order valence-electron chi connectivity index (χ3n) is 3.83. The molecule has 0 unspecified atom stereocenters. The highest BCUT2D eigenvalue weighted by molar-refractivity contribution is 7.90. The van der Waals surface area contributed by atoms with Crippen LogP contribution in [0.1, 0.15) is 17.5 Å². The fourth-order valence-corrected chi connectivity index (χ4v) is 3.81. The van der Waals surface area contributed by atoms with Crippen molar-refractivity contribution in [2.24, 2.45) is 4.99 Å². The van der Waals surface area contributed by atoms with E-state index in [2.05, 4.69) is 14.7 Å². The summed E-state index contributed by atoms with van der Waals surface area (Å²) in [6, 6.07) is 10.4. The second kappa shape index (κ2) is 7.02. The summed E-state index contributed by atoms with van der Waals surface area (Å²) in [6.45, 7) is 0.682. The van der Waals surface area contributed by atoms with Crippen LogP contribution in [-0.4, -0.2) is 43.6 Å². The molecule has 130 valence electrons. The normalized spacial score (nSPS) is 16.3. The van der Waals surface area contributed by atoms with E-state index in [0.29, 0.717) is 17.9 Å². The molecule has 25 heavy (non-hydrogen) atoms. The molecular weight excluding hydrogens is 340 g/mol. The van der Waals surface area contributed by atoms with Crippen molar-refractivity contribution in [2.45, 2.75) is 17.9 Å². The zero-order chi connectivity index (χ0) is 17.9. The number of fused-ring (bicyclic) bond motifs is 1. The van der Waals surface area contributed by atoms with Crippen molar-refractivity contribution in [1.82, 2.24) is 14.6 Å². The van der Waals surface area contributed by atoms with Gasteiger partial charge in [0.25, 0.3) is 10.0 Å². The minimum Gasteiger partial charge on any atom is -0.341 e. The molecule has 0 bridgehead atoms. The minimum atomic E-state index is -3.55. The Labute approximate surface area is 146 Å². The molecule has 8 heteroatoms. The first kappa shape index (κ1) is 17.1. The predicted octanol–water partition coefficient (Wildman–Crippen LogP) is 1.17. The molecule has 0 aliphatic carbocycles. The van der Waals surface area contributed by atoms with Gasteiger partial charge in [0.2, 0.25) is 5.91 Å². The Bertz CT molecular complexity index is 911. The van der Waals surface area contributed by atoms with Gasteiger partial charge in [0, 0.05) is 38.0 Å². The Hall–Kier alpha value is -2.74. The van der Waals surface area contributed by atoms with Gasteiger partial charge in [0.1, 0.15) is 5.84 Å². The standard InChI is InChI=1S/C17H18N4O3S/c1-21(12-13-5-4-9-18-11-13)16(22)8-10-19-17-14-6-2-3-7-15(14)25(23,24)20-17/h2-7,9,11H,8,10,12H2,1H3,(H,19,20). The van der Waals surface area contributed by atoms with Crippen molar-refractivity contribution in [1.29, 1.82) is 0 Å². The number of carbonyl (C=O) groups excluding carboxylic acids is 1. The lowest BCUT2D eigenvalue weighted by Crippen LogP contribution is -2.27. The highest BCUT2D eigenvalue weighted by atomic mass is 32.2. The Morgan fingerprint density at radius 3 is 2.80 bits per heavy atom. The highest BCUT2D eigenvalue weighted by Gasteiger charge is 2.29. The van der Waals surface area contributed by atoms with E-state index < -0.39 is 10.0 Å². The molecule has 0 radical (unpaired) electrons. The Morgan fingerprint density at radius 2 is 2.04 bits per heavy atom. The van der Waals surface area contributed by atoms with Crippen molar-refractivity contribution < 1.29 is 13.2 Å². The van der Waals surface area contributed by atoms with Crippen molar-refractivity contribution in [3.8, 4) is 0 Å². The summed E-state index contributed by atoms with van der Waals surface area (Å²) in [5.74, 6) is 0.223. The lowest BCUT2D eigenvalue weighted by atomic mass is 10.2. The molecule has 0 saturated heterocycles. The quantitative estimate of drug-likeness (QED) is 0.868. The number of hydrogen-bond donors (Lipinski definition) is 1. The maximum absolute atomic E-state index is 12.2. The first-order valence-electron chi connectivity index (χ1n) is 7.77. The van der Waals surface area contributed by atoms with E-state index in [1.165, 1.54) is 6.07 Å². The summed E-state index contributed by atoms with van der Waals surface area (Å²) in [7, 11) is -1.83. The van der Waals surface area contributed by atoms with Gasteiger partial charge in [-0.05, 0) is 23.8 Å². The number of aliphatic imine (C=N–C) groups is 1. The van der Waals surface area contributed by atoms with Crippen molar-refractivity contribution >= 4 is 21.8 Å².